The molecule has 1 saturated carbocycles. The van der Waals surface area contributed by atoms with Crippen molar-refractivity contribution in [2.45, 2.75) is 43.9 Å². The van der Waals surface area contributed by atoms with E-state index in [1.165, 1.54) is 19.3 Å². The average Bonchev–Trinajstić information content (AvgIpc) is 2.99. The minimum absolute atomic E-state index is 0.480. The van der Waals surface area contributed by atoms with E-state index in [0.717, 1.165) is 54.6 Å². The molecule has 1 aliphatic carbocycles. The van der Waals surface area contributed by atoms with Crippen LogP contribution in [-0.4, -0.2) is 29.8 Å². The molecule has 1 spiro atoms. The molecule has 0 N–H and O–H groups in total. The lowest BCUT2D eigenvalue weighted by atomic mass is 9.89. The third-order valence-corrected chi connectivity index (χ3v) is 6.03. The molecule has 2 heterocycles. The fourth-order valence-electron chi connectivity index (χ4n) is 4.20. The molecule has 4 nitrogen and oxygen atoms in total. The Morgan fingerprint density at radius 1 is 0.923 bits per heavy atom. The van der Waals surface area contributed by atoms with Gasteiger partial charge in [-0.25, -0.2) is 0 Å². The van der Waals surface area contributed by atoms with Crippen LogP contribution in [0.3, 0.4) is 0 Å². The summed E-state index contributed by atoms with van der Waals surface area (Å²) in [5.74, 6) is 1.20. The SMILES string of the molecule is N#Cc1ccc(-c2ccc3c(c2)OC2(CCN(C4CCC4)CC2)O3)cc1. The number of hydrogen-bond acceptors (Lipinski definition) is 4. The molecule has 2 fully saturated rings. The second kappa shape index (κ2) is 6.03. The van der Waals surface area contributed by atoms with Crippen molar-refractivity contribution >= 4 is 0 Å². The minimum atomic E-state index is -0.480. The lowest BCUT2D eigenvalue weighted by Crippen LogP contribution is -2.53. The lowest BCUT2D eigenvalue weighted by molar-refractivity contribution is -0.126. The second-order valence-corrected chi connectivity index (χ2v) is 7.59. The Morgan fingerprint density at radius 2 is 1.62 bits per heavy atom. The summed E-state index contributed by atoms with van der Waals surface area (Å²) < 4.78 is 12.6. The van der Waals surface area contributed by atoms with Crippen LogP contribution in [0.25, 0.3) is 11.1 Å². The predicted molar refractivity (Wildman–Crippen MR) is 99.0 cm³/mol. The minimum Gasteiger partial charge on any atom is -0.448 e. The van der Waals surface area contributed by atoms with E-state index in [4.69, 9.17) is 14.7 Å². The number of nitriles is 1. The van der Waals surface area contributed by atoms with Gasteiger partial charge in [-0.15, -0.1) is 0 Å². The zero-order valence-corrected chi connectivity index (χ0v) is 14.8. The Morgan fingerprint density at radius 3 is 2.27 bits per heavy atom. The molecule has 2 aromatic rings. The van der Waals surface area contributed by atoms with E-state index >= 15 is 0 Å². The number of piperidine rings is 1. The van der Waals surface area contributed by atoms with Crippen LogP contribution in [0.1, 0.15) is 37.7 Å². The molecule has 2 aliphatic heterocycles. The highest BCUT2D eigenvalue weighted by Crippen LogP contribution is 2.46. The maximum absolute atomic E-state index is 8.95. The van der Waals surface area contributed by atoms with E-state index in [0.29, 0.717) is 5.56 Å². The number of hydrogen-bond donors (Lipinski definition) is 0. The molecule has 0 radical (unpaired) electrons. The summed E-state index contributed by atoms with van der Waals surface area (Å²) >= 11 is 0. The molecule has 0 bridgehead atoms. The van der Waals surface area contributed by atoms with Gasteiger partial charge in [-0.3, -0.25) is 4.90 Å². The normalized spacial score (nSPS) is 21.3. The van der Waals surface area contributed by atoms with Gasteiger partial charge in [-0.1, -0.05) is 24.6 Å². The number of nitrogens with zero attached hydrogens (tertiary/aromatic N) is 2. The maximum atomic E-state index is 8.95. The molecule has 3 aliphatic rings. The van der Waals surface area contributed by atoms with Crippen LogP contribution in [0.2, 0.25) is 0 Å². The first kappa shape index (κ1) is 15.7. The van der Waals surface area contributed by atoms with Crippen molar-refractivity contribution in [3.05, 3.63) is 48.0 Å². The highest BCUT2D eigenvalue weighted by atomic mass is 16.7. The van der Waals surface area contributed by atoms with Gasteiger partial charge < -0.3 is 9.47 Å². The summed E-state index contributed by atoms with van der Waals surface area (Å²) in [7, 11) is 0. The van der Waals surface area contributed by atoms with E-state index in [9.17, 15) is 0 Å². The third kappa shape index (κ3) is 2.64. The molecule has 1 saturated heterocycles. The van der Waals surface area contributed by atoms with E-state index in [1.807, 2.05) is 30.3 Å². The number of benzene rings is 2. The van der Waals surface area contributed by atoms with Crippen LogP contribution >= 0.6 is 0 Å². The highest BCUT2D eigenvalue weighted by Gasteiger charge is 2.45. The number of ether oxygens (including phenoxy) is 2. The van der Waals surface area contributed by atoms with Gasteiger partial charge in [0.1, 0.15) is 0 Å². The fraction of sp³-hybridized carbons (Fsp3) is 0.409. The summed E-state index contributed by atoms with van der Waals surface area (Å²) in [5.41, 5.74) is 2.84. The summed E-state index contributed by atoms with van der Waals surface area (Å²) in [5, 5.41) is 8.95. The Hall–Kier alpha value is -2.51. The molecule has 0 atom stereocenters. The summed E-state index contributed by atoms with van der Waals surface area (Å²) in [6, 6.07) is 16.7. The Kier molecular flexibility index (Phi) is 3.65. The van der Waals surface area contributed by atoms with Gasteiger partial charge in [0.2, 0.25) is 0 Å². The standard InChI is InChI=1S/C22H22N2O2/c23-15-16-4-6-17(7-5-16)18-8-9-20-21(14-18)26-22(25-20)10-12-24(13-11-22)19-2-1-3-19/h4-9,14,19H,1-3,10-13H2. The van der Waals surface area contributed by atoms with Crippen molar-refractivity contribution in [2.75, 3.05) is 13.1 Å². The molecule has 5 rings (SSSR count). The number of likely N-dealkylation sites (tertiary alicyclic amines) is 1. The Labute approximate surface area is 153 Å². The van der Waals surface area contributed by atoms with Crippen molar-refractivity contribution in [1.82, 2.24) is 4.90 Å². The van der Waals surface area contributed by atoms with Gasteiger partial charge in [0, 0.05) is 32.0 Å². The van der Waals surface area contributed by atoms with Crippen molar-refractivity contribution in [1.29, 1.82) is 5.26 Å². The van der Waals surface area contributed by atoms with Gasteiger partial charge in [0.15, 0.2) is 11.5 Å². The summed E-state index contributed by atoms with van der Waals surface area (Å²) in [6.45, 7) is 2.11. The number of rotatable bonds is 2. The molecule has 0 aromatic heterocycles. The van der Waals surface area contributed by atoms with E-state index in [1.54, 1.807) is 0 Å². The lowest BCUT2D eigenvalue weighted by Gasteiger charge is -2.44. The van der Waals surface area contributed by atoms with Crippen LogP contribution < -0.4 is 9.47 Å². The maximum Gasteiger partial charge on any atom is 0.254 e. The summed E-state index contributed by atoms with van der Waals surface area (Å²) in [6.07, 6.45) is 5.92. The van der Waals surface area contributed by atoms with Gasteiger partial charge in [-0.05, 0) is 48.2 Å². The monoisotopic (exact) mass is 346 g/mol. The number of fused-ring (bicyclic) bond motifs is 1. The van der Waals surface area contributed by atoms with Gasteiger partial charge in [-0.2, -0.15) is 5.26 Å². The van der Waals surface area contributed by atoms with Crippen LogP contribution in [0.4, 0.5) is 0 Å². The second-order valence-electron chi connectivity index (χ2n) is 7.59. The fourth-order valence-corrected chi connectivity index (χ4v) is 4.20. The van der Waals surface area contributed by atoms with Crippen LogP contribution in [0.5, 0.6) is 11.5 Å². The van der Waals surface area contributed by atoms with Crippen molar-refractivity contribution in [3.63, 3.8) is 0 Å². The molecule has 2 aromatic carbocycles. The zero-order chi connectivity index (χ0) is 17.6. The van der Waals surface area contributed by atoms with Crippen LogP contribution in [0, 0.1) is 11.3 Å². The molecule has 4 heteroatoms. The smallest absolute Gasteiger partial charge is 0.254 e. The van der Waals surface area contributed by atoms with Crippen LogP contribution in [0.15, 0.2) is 42.5 Å². The van der Waals surface area contributed by atoms with Crippen molar-refractivity contribution in [2.24, 2.45) is 0 Å². The first-order valence-electron chi connectivity index (χ1n) is 9.51. The average molecular weight is 346 g/mol. The molecular weight excluding hydrogens is 324 g/mol. The van der Waals surface area contributed by atoms with Gasteiger partial charge >= 0.3 is 0 Å². The van der Waals surface area contributed by atoms with Crippen molar-refractivity contribution < 1.29 is 9.47 Å². The first-order valence-corrected chi connectivity index (χ1v) is 9.51. The molecule has 0 unspecified atom stereocenters. The highest BCUT2D eigenvalue weighted by molar-refractivity contribution is 5.68. The first-order chi connectivity index (χ1) is 12.7. The molecular formula is C22H22N2O2. The quantitative estimate of drug-likeness (QED) is 0.811. The van der Waals surface area contributed by atoms with Gasteiger partial charge in [0.25, 0.3) is 5.79 Å². The topological polar surface area (TPSA) is 45.5 Å². The Balaban J connectivity index is 1.33. The molecule has 132 valence electrons. The van der Waals surface area contributed by atoms with E-state index in [2.05, 4.69) is 23.1 Å². The van der Waals surface area contributed by atoms with E-state index < -0.39 is 5.79 Å². The Bertz CT molecular complexity index is 857. The third-order valence-electron chi connectivity index (χ3n) is 6.03. The molecule has 0 amide bonds. The van der Waals surface area contributed by atoms with E-state index in [-0.39, 0.29) is 0 Å². The van der Waals surface area contributed by atoms with Crippen molar-refractivity contribution in [3.8, 4) is 28.7 Å². The molecule has 26 heavy (non-hydrogen) atoms. The largest absolute Gasteiger partial charge is 0.448 e. The zero-order valence-electron chi connectivity index (χ0n) is 14.8. The van der Waals surface area contributed by atoms with Crippen LogP contribution in [-0.2, 0) is 0 Å². The van der Waals surface area contributed by atoms with Gasteiger partial charge in [0.05, 0.1) is 11.6 Å². The predicted octanol–water partition coefficient (Wildman–Crippen LogP) is 4.34. The summed E-state index contributed by atoms with van der Waals surface area (Å²) in [4.78, 5) is 2.60.